The van der Waals surface area contributed by atoms with E-state index < -0.39 is 11.8 Å². The summed E-state index contributed by atoms with van der Waals surface area (Å²) >= 11 is 0. The number of carbonyl (C=O) groups is 3. The molecule has 3 aromatic rings. The third-order valence-corrected chi connectivity index (χ3v) is 4.94. The minimum atomic E-state index is -0.482. The van der Waals surface area contributed by atoms with Crippen molar-refractivity contribution in [2.75, 3.05) is 18.5 Å². The summed E-state index contributed by atoms with van der Waals surface area (Å²) in [5, 5.41) is 2.79. The number of hydrogen-bond donors (Lipinski definition) is 3. The van der Waals surface area contributed by atoms with Gasteiger partial charge in [-0.2, -0.15) is 0 Å². The quantitative estimate of drug-likeness (QED) is 0.282. The lowest BCUT2D eigenvalue weighted by Gasteiger charge is -2.11. The lowest BCUT2D eigenvalue weighted by molar-refractivity contribution is -0.116. The van der Waals surface area contributed by atoms with E-state index in [1.165, 1.54) is 0 Å². The van der Waals surface area contributed by atoms with E-state index in [2.05, 4.69) is 16.2 Å². The molecule has 0 unspecified atom stereocenters. The zero-order valence-corrected chi connectivity index (χ0v) is 19.6. The average molecular weight is 476 g/mol. The highest BCUT2D eigenvalue weighted by molar-refractivity contribution is 5.99. The zero-order valence-electron chi connectivity index (χ0n) is 19.6. The third kappa shape index (κ3) is 8.51. The molecule has 8 heteroatoms. The van der Waals surface area contributed by atoms with Crippen molar-refractivity contribution in [3.05, 3.63) is 90.0 Å². The van der Waals surface area contributed by atoms with Crippen LogP contribution in [0.4, 0.5) is 5.69 Å². The van der Waals surface area contributed by atoms with Gasteiger partial charge in [0.2, 0.25) is 5.91 Å². The molecule has 35 heavy (non-hydrogen) atoms. The first kappa shape index (κ1) is 25.3. The minimum absolute atomic E-state index is 0.0637. The van der Waals surface area contributed by atoms with Gasteiger partial charge in [-0.3, -0.25) is 25.2 Å². The maximum atomic E-state index is 12.5. The Morgan fingerprint density at radius 1 is 0.714 bits per heavy atom. The van der Waals surface area contributed by atoms with Crippen LogP contribution >= 0.6 is 0 Å². The van der Waals surface area contributed by atoms with E-state index in [1.807, 2.05) is 37.3 Å². The molecule has 0 aliphatic rings. The van der Waals surface area contributed by atoms with Gasteiger partial charge in [0.15, 0.2) is 0 Å². The summed E-state index contributed by atoms with van der Waals surface area (Å²) in [6.45, 7) is 2.69. The lowest BCUT2D eigenvalue weighted by Crippen LogP contribution is -2.41. The first-order chi connectivity index (χ1) is 17.0. The topological polar surface area (TPSA) is 106 Å². The van der Waals surface area contributed by atoms with Crippen LogP contribution in [-0.2, 0) is 4.79 Å². The van der Waals surface area contributed by atoms with Crippen LogP contribution in [0.15, 0.2) is 78.9 Å². The molecule has 3 N–H and O–H groups in total. The molecule has 0 spiro atoms. The van der Waals surface area contributed by atoms with Crippen LogP contribution in [0, 0.1) is 0 Å². The predicted molar refractivity (Wildman–Crippen MR) is 133 cm³/mol. The van der Waals surface area contributed by atoms with Crippen molar-refractivity contribution in [1.29, 1.82) is 0 Å². The van der Waals surface area contributed by atoms with Gasteiger partial charge in [0.25, 0.3) is 11.8 Å². The Kier molecular flexibility index (Phi) is 9.68. The molecular weight excluding hydrogens is 446 g/mol. The number of hydrazine groups is 1. The zero-order chi connectivity index (χ0) is 24.9. The number of rotatable bonds is 11. The fraction of sp³-hybridized carbons (Fsp3) is 0.222. The lowest BCUT2D eigenvalue weighted by atomic mass is 10.2. The first-order valence-electron chi connectivity index (χ1n) is 11.5. The van der Waals surface area contributed by atoms with Crippen molar-refractivity contribution in [1.82, 2.24) is 10.9 Å². The van der Waals surface area contributed by atoms with E-state index in [0.29, 0.717) is 42.2 Å². The number of para-hydroxylation sites is 1. The molecule has 0 saturated carbocycles. The maximum absolute atomic E-state index is 12.5. The number of anilines is 1. The number of unbranched alkanes of at least 4 members (excludes halogenated alkanes) is 1. The van der Waals surface area contributed by atoms with Crippen LogP contribution in [0.5, 0.6) is 11.5 Å². The Morgan fingerprint density at radius 2 is 1.34 bits per heavy atom. The van der Waals surface area contributed by atoms with Gasteiger partial charge in [0.05, 0.1) is 0 Å². The Hall–Kier alpha value is -4.33. The Bertz CT molecular complexity index is 1120. The SMILES string of the molecule is CCCCC(=O)Nc1ccc(C(=O)NNC(=O)c2cccc(OCCOc3ccccc3)c2)cc1. The smallest absolute Gasteiger partial charge is 0.269 e. The second kappa shape index (κ2) is 13.4. The number of benzene rings is 3. The fourth-order valence-corrected chi connectivity index (χ4v) is 3.09. The van der Waals surface area contributed by atoms with Crippen molar-refractivity contribution in [3.63, 3.8) is 0 Å². The molecule has 0 aliphatic heterocycles. The predicted octanol–water partition coefficient (Wildman–Crippen LogP) is 4.35. The molecule has 182 valence electrons. The summed E-state index contributed by atoms with van der Waals surface area (Å²) in [5.74, 6) is 0.242. The van der Waals surface area contributed by atoms with E-state index in [-0.39, 0.29) is 5.91 Å². The van der Waals surface area contributed by atoms with Gasteiger partial charge in [-0.1, -0.05) is 37.6 Å². The van der Waals surface area contributed by atoms with Gasteiger partial charge in [-0.05, 0) is 61.0 Å². The van der Waals surface area contributed by atoms with Crippen LogP contribution in [0.2, 0.25) is 0 Å². The Labute approximate surface area is 204 Å². The maximum Gasteiger partial charge on any atom is 0.269 e. The molecule has 0 saturated heterocycles. The largest absolute Gasteiger partial charge is 0.490 e. The van der Waals surface area contributed by atoms with E-state index in [0.717, 1.165) is 18.6 Å². The highest BCUT2D eigenvalue weighted by Crippen LogP contribution is 2.14. The monoisotopic (exact) mass is 475 g/mol. The summed E-state index contributed by atoms with van der Waals surface area (Å²) in [4.78, 5) is 36.6. The van der Waals surface area contributed by atoms with Gasteiger partial charge < -0.3 is 14.8 Å². The van der Waals surface area contributed by atoms with Crippen molar-refractivity contribution < 1.29 is 23.9 Å². The Balaban J connectivity index is 1.44. The summed E-state index contributed by atoms with van der Waals surface area (Å²) in [6.07, 6.45) is 2.22. The molecule has 8 nitrogen and oxygen atoms in total. The number of carbonyl (C=O) groups excluding carboxylic acids is 3. The van der Waals surface area contributed by atoms with Crippen LogP contribution in [0.25, 0.3) is 0 Å². The normalized spacial score (nSPS) is 10.2. The van der Waals surface area contributed by atoms with Crippen LogP contribution in [0.3, 0.4) is 0 Å². The minimum Gasteiger partial charge on any atom is -0.490 e. The van der Waals surface area contributed by atoms with Crippen molar-refractivity contribution >= 4 is 23.4 Å². The molecule has 0 aromatic heterocycles. The second-order valence-corrected chi connectivity index (χ2v) is 7.68. The molecule has 0 aliphatic carbocycles. The standard InChI is InChI=1S/C27H29N3O5/c1-2-3-12-25(31)28-22-15-13-20(14-16-22)26(32)29-30-27(33)21-8-7-11-24(19-21)35-18-17-34-23-9-5-4-6-10-23/h4-11,13-16,19H,2-3,12,17-18H2,1H3,(H,28,31)(H,29,32)(H,30,33). The van der Waals surface area contributed by atoms with Gasteiger partial charge in [0, 0.05) is 23.2 Å². The summed E-state index contributed by atoms with van der Waals surface area (Å²) in [7, 11) is 0. The molecule has 0 radical (unpaired) electrons. The van der Waals surface area contributed by atoms with Gasteiger partial charge in [-0.25, -0.2) is 0 Å². The third-order valence-electron chi connectivity index (χ3n) is 4.94. The average Bonchev–Trinajstić information content (AvgIpc) is 2.89. The highest BCUT2D eigenvalue weighted by atomic mass is 16.5. The molecule has 3 amide bonds. The van der Waals surface area contributed by atoms with Gasteiger partial charge in [-0.15, -0.1) is 0 Å². The molecule has 3 rings (SSSR count). The van der Waals surface area contributed by atoms with Crippen molar-refractivity contribution in [2.24, 2.45) is 0 Å². The van der Waals surface area contributed by atoms with E-state index in [4.69, 9.17) is 9.47 Å². The number of hydrogen-bond acceptors (Lipinski definition) is 5. The number of ether oxygens (including phenoxy) is 2. The first-order valence-corrected chi connectivity index (χ1v) is 11.5. The molecule has 0 atom stereocenters. The Morgan fingerprint density at radius 3 is 2.03 bits per heavy atom. The molecule has 0 fully saturated rings. The summed E-state index contributed by atoms with van der Waals surface area (Å²) in [5.41, 5.74) is 6.06. The van der Waals surface area contributed by atoms with Crippen LogP contribution < -0.4 is 25.6 Å². The van der Waals surface area contributed by atoms with Crippen LogP contribution in [0.1, 0.15) is 46.9 Å². The van der Waals surface area contributed by atoms with Crippen molar-refractivity contribution in [3.8, 4) is 11.5 Å². The second-order valence-electron chi connectivity index (χ2n) is 7.68. The molecule has 0 bridgehead atoms. The fourth-order valence-electron chi connectivity index (χ4n) is 3.09. The van der Waals surface area contributed by atoms with Gasteiger partial charge in [0.1, 0.15) is 24.7 Å². The summed E-state index contributed by atoms with van der Waals surface area (Å²) in [6, 6.07) is 22.5. The molecule has 3 aromatic carbocycles. The van der Waals surface area contributed by atoms with Gasteiger partial charge >= 0.3 is 0 Å². The van der Waals surface area contributed by atoms with E-state index >= 15 is 0 Å². The highest BCUT2D eigenvalue weighted by Gasteiger charge is 2.11. The number of amides is 3. The summed E-state index contributed by atoms with van der Waals surface area (Å²) < 4.78 is 11.2. The number of nitrogens with one attached hydrogen (secondary N) is 3. The van der Waals surface area contributed by atoms with E-state index in [9.17, 15) is 14.4 Å². The molecular formula is C27H29N3O5. The van der Waals surface area contributed by atoms with Crippen LogP contribution in [-0.4, -0.2) is 30.9 Å². The molecule has 0 heterocycles. The van der Waals surface area contributed by atoms with Crippen molar-refractivity contribution in [2.45, 2.75) is 26.2 Å². The van der Waals surface area contributed by atoms with E-state index in [1.54, 1.807) is 48.5 Å².